The van der Waals surface area contributed by atoms with Gasteiger partial charge < -0.3 is 10.0 Å². The molecule has 0 aromatic heterocycles. The van der Waals surface area contributed by atoms with Gasteiger partial charge in [-0.3, -0.25) is 9.69 Å². The first-order chi connectivity index (χ1) is 9.15. The molecule has 2 atom stereocenters. The highest BCUT2D eigenvalue weighted by atomic mass is 16.3. The van der Waals surface area contributed by atoms with Crippen molar-refractivity contribution in [1.29, 1.82) is 0 Å². The largest absolute Gasteiger partial charge is 0.396 e. The average molecular weight is 268 g/mol. The van der Waals surface area contributed by atoms with E-state index in [1.165, 1.54) is 25.7 Å². The molecule has 1 aliphatic heterocycles. The van der Waals surface area contributed by atoms with Crippen LogP contribution >= 0.6 is 0 Å². The Morgan fingerprint density at radius 1 is 1.21 bits per heavy atom. The van der Waals surface area contributed by atoms with E-state index in [1.54, 1.807) is 0 Å². The summed E-state index contributed by atoms with van der Waals surface area (Å²) in [5.41, 5.74) is 0. The van der Waals surface area contributed by atoms with Crippen LogP contribution in [0.1, 0.15) is 51.9 Å². The molecule has 19 heavy (non-hydrogen) atoms. The molecule has 1 aliphatic carbocycles. The van der Waals surface area contributed by atoms with Crippen LogP contribution in [0.2, 0.25) is 0 Å². The van der Waals surface area contributed by atoms with Crippen molar-refractivity contribution in [3.05, 3.63) is 0 Å². The fraction of sp³-hybridized carbons (Fsp3) is 0.933. The Balaban J connectivity index is 2.10. The van der Waals surface area contributed by atoms with E-state index in [-0.39, 0.29) is 18.6 Å². The molecule has 2 fully saturated rings. The molecule has 1 N–H and O–H groups in total. The summed E-state index contributed by atoms with van der Waals surface area (Å²) in [6, 6.07) is 0.611. The average Bonchev–Trinajstić information content (AvgIpc) is 2.63. The molecular formula is C15H28N2O2. The predicted molar refractivity (Wildman–Crippen MR) is 75.9 cm³/mol. The molecule has 2 unspecified atom stereocenters. The van der Waals surface area contributed by atoms with E-state index in [0.29, 0.717) is 18.5 Å². The number of hydrogen-bond acceptors (Lipinski definition) is 3. The van der Waals surface area contributed by atoms with Gasteiger partial charge in [0, 0.05) is 25.2 Å². The molecule has 0 spiro atoms. The van der Waals surface area contributed by atoms with Crippen LogP contribution in [0.15, 0.2) is 0 Å². The summed E-state index contributed by atoms with van der Waals surface area (Å²) < 4.78 is 0. The smallest absolute Gasteiger partial charge is 0.240 e. The van der Waals surface area contributed by atoms with Gasteiger partial charge in [0.2, 0.25) is 5.91 Å². The Bertz CT molecular complexity index is 301. The molecule has 4 nitrogen and oxygen atoms in total. The van der Waals surface area contributed by atoms with Crippen molar-refractivity contribution in [2.75, 3.05) is 20.2 Å². The van der Waals surface area contributed by atoms with Gasteiger partial charge in [-0.05, 0) is 33.2 Å². The van der Waals surface area contributed by atoms with Gasteiger partial charge in [0.1, 0.15) is 0 Å². The maximum atomic E-state index is 12.7. The summed E-state index contributed by atoms with van der Waals surface area (Å²) >= 11 is 0. The number of likely N-dealkylation sites (N-methyl/N-ethyl adjacent to an activating group) is 1. The summed E-state index contributed by atoms with van der Waals surface area (Å²) in [5.74, 6) is 0.238. The van der Waals surface area contributed by atoms with E-state index in [4.69, 9.17) is 5.11 Å². The molecule has 2 aliphatic rings. The van der Waals surface area contributed by atoms with Crippen molar-refractivity contribution in [3.63, 3.8) is 0 Å². The third kappa shape index (κ3) is 3.29. The molecule has 1 saturated carbocycles. The van der Waals surface area contributed by atoms with Crippen LogP contribution in [0.3, 0.4) is 0 Å². The van der Waals surface area contributed by atoms with Gasteiger partial charge >= 0.3 is 0 Å². The topological polar surface area (TPSA) is 43.8 Å². The number of rotatable bonds is 3. The van der Waals surface area contributed by atoms with E-state index in [1.807, 2.05) is 7.05 Å². The quantitative estimate of drug-likeness (QED) is 0.791. The Hall–Kier alpha value is -0.610. The zero-order chi connectivity index (χ0) is 13.8. The maximum Gasteiger partial charge on any atom is 0.240 e. The lowest BCUT2D eigenvalue weighted by atomic mass is 9.98. The van der Waals surface area contributed by atoms with Crippen LogP contribution in [-0.4, -0.2) is 59.1 Å². The SMILES string of the molecule is CC1CN(C)C(CCO)C(=O)N1C1CCCCCC1. The van der Waals surface area contributed by atoms with Crippen LogP contribution in [0, 0.1) is 0 Å². The van der Waals surface area contributed by atoms with Gasteiger partial charge in [-0.2, -0.15) is 0 Å². The van der Waals surface area contributed by atoms with Crippen LogP contribution in [0.4, 0.5) is 0 Å². The number of aliphatic hydroxyl groups excluding tert-OH is 1. The van der Waals surface area contributed by atoms with Crippen molar-refractivity contribution in [3.8, 4) is 0 Å². The van der Waals surface area contributed by atoms with Gasteiger partial charge in [-0.15, -0.1) is 0 Å². The highest BCUT2D eigenvalue weighted by molar-refractivity contribution is 5.83. The minimum absolute atomic E-state index is 0.0909. The van der Waals surface area contributed by atoms with Crippen molar-refractivity contribution in [2.24, 2.45) is 0 Å². The fourth-order valence-corrected chi connectivity index (χ4v) is 3.75. The molecule has 0 aromatic carbocycles. The van der Waals surface area contributed by atoms with E-state index in [9.17, 15) is 4.79 Å². The van der Waals surface area contributed by atoms with Gasteiger partial charge in [0.25, 0.3) is 0 Å². The van der Waals surface area contributed by atoms with E-state index in [2.05, 4.69) is 16.7 Å². The molecule has 0 radical (unpaired) electrons. The molecule has 110 valence electrons. The fourth-order valence-electron chi connectivity index (χ4n) is 3.75. The number of hydrogen-bond donors (Lipinski definition) is 1. The number of carbonyl (C=O) groups is 1. The van der Waals surface area contributed by atoms with Gasteiger partial charge in [0.15, 0.2) is 0 Å². The number of aliphatic hydroxyl groups is 1. The van der Waals surface area contributed by atoms with Crippen molar-refractivity contribution < 1.29 is 9.90 Å². The second kappa shape index (κ2) is 6.71. The zero-order valence-corrected chi connectivity index (χ0v) is 12.3. The highest BCUT2D eigenvalue weighted by Crippen LogP contribution is 2.27. The lowest BCUT2D eigenvalue weighted by Crippen LogP contribution is -2.62. The van der Waals surface area contributed by atoms with E-state index < -0.39 is 0 Å². The molecule has 1 saturated heterocycles. The van der Waals surface area contributed by atoms with Crippen molar-refractivity contribution in [2.45, 2.75) is 70.0 Å². The van der Waals surface area contributed by atoms with Crippen LogP contribution in [-0.2, 0) is 4.79 Å². The van der Waals surface area contributed by atoms with Crippen LogP contribution < -0.4 is 0 Å². The van der Waals surface area contributed by atoms with Crippen LogP contribution in [0.5, 0.6) is 0 Å². The third-order valence-corrected chi connectivity index (χ3v) is 4.72. The summed E-state index contributed by atoms with van der Waals surface area (Å²) in [5, 5.41) is 9.16. The van der Waals surface area contributed by atoms with Gasteiger partial charge in [0.05, 0.1) is 6.04 Å². The third-order valence-electron chi connectivity index (χ3n) is 4.72. The minimum Gasteiger partial charge on any atom is -0.396 e. The Morgan fingerprint density at radius 2 is 1.84 bits per heavy atom. The lowest BCUT2D eigenvalue weighted by Gasteiger charge is -2.46. The highest BCUT2D eigenvalue weighted by Gasteiger charge is 2.39. The predicted octanol–water partition coefficient (Wildman–Crippen LogP) is 1.62. The number of amides is 1. The van der Waals surface area contributed by atoms with Gasteiger partial charge in [-0.1, -0.05) is 25.7 Å². The standard InChI is InChI=1S/C15H28N2O2/c1-12-11-16(2)14(9-10-18)15(19)17(12)13-7-5-3-4-6-8-13/h12-14,18H,3-11H2,1-2H3. The Morgan fingerprint density at radius 3 is 2.42 bits per heavy atom. The summed E-state index contributed by atoms with van der Waals surface area (Å²) in [7, 11) is 2.00. The summed E-state index contributed by atoms with van der Waals surface area (Å²) in [6.45, 7) is 3.18. The Labute approximate surface area is 116 Å². The molecule has 1 amide bonds. The maximum absolute atomic E-state index is 12.7. The molecule has 0 bridgehead atoms. The zero-order valence-electron chi connectivity index (χ0n) is 12.3. The first kappa shape index (κ1) is 14.8. The second-order valence-electron chi connectivity index (χ2n) is 6.21. The lowest BCUT2D eigenvalue weighted by molar-refractivity contribution is -0.149. The summed E-state index contributed by atoms with van der Waals surface area (Å²) in [4.78, 5) is 17.0. The van der Waals surface area contributed by atoms with Crippen molar-refractivity contribution >= 4 is 5.91 Å². The monoisotopic (exact) mass is 268 g/mol. The molecule has 0 aromatic rings. The molecule has 4 heteroatoms. The second-order valence-corrected chi connectivity index (χ2v) is 6.21. The molecular weight excluding hydrogens is 240 g/mol. The molecule has 1 heterocycles. The minimum atomic E-state index is -0.121. The van der Waals surface area contributed by atoms with Crippen molar-refractivity contribution in [1.82, 2.24) is 9.80 Å². The molecule has 2 rings (SSSR count). The number of piperazine rings is 1. The van der Waals surface area contributed by atoms with Gasteiger partial charge in [-0.25, -0.2) is 0 Å². The number of nitrogens with zero attached hydrogens (tertiary/aromatic N) is 2. The van der Waals surface area contributed by atoms with Crippen LogP contribution in [0.25, 0.3) is 0 Å². The van der Waals surface area contributed by atoms with E-state index >= 15 is 0 Å². The summed E-state index contributed by atoms with van der Waals surface area (Å²) in [6.07, 6.45) is 8.01. The van der Waals surface area contributed by atoms with E-state index in [0.717, 1.165) is 19.4 Å². The first-order valence-corrected chi connectivity index (χ1v) is 7.78. The Kier molecular flexibility index (Phi) is 5.22. The number of carbonyl (C=O) groups excluding carboxylic acids is 1. The first-order valence-electron chi connectivity index (χ1n) is 7.78. The normalized spacial score (nSPS) is 31.5.